The summed E-state index contributed by atoms with van der Waals surface area (Å²) in [5.41, 5.74) is 2.95. The lowest BCUT2D eigenvalue weighted by molar-refractivity contribution is 0.331. The van der Waals surface area contributed by atoms with Gasteiger partial charge in [0.25, 0.3) is 0 Å². The van der Waals surface area contributed by atoms with Gasteiger partial charge in [-0.2, -0.15) is 0 Å². The highest BCUT2D eigenvalue weighted by Crippen LogP contribution is 2.45. The smallest absolute Gasteiger partial charge is 0.0378 e. The van der Waals surface area contributed by atoms with Crippen LogP contribution in [-0.2, 0) is 0 Å². The number of fused-ring (bicyclic) bond motifs is 3. The van der Waals surface area contributed by atoms with E-state index in [1.807, 2.05) is 0 Å². The quantitative estimate of drug-likeness (QED) is 0.656. The van der Waals surface area contributed by atoms with Gasteiger partial charge < -0.3 is 5.32 Å². The molecule has 1 aromatic carbocycles. The highest BCUT2D eigenvalue weighted by molar-refractivity contribution is 5.59. The first kappa shape index (κ1) is 8.34. The monoisotopic (exact) mass is 187 g/mol. The van der Waals surface area contributed by atoms with E-state index in [2.05, 4.69) is 36.5 Å². The van der Waals surface area contributed by atoms with E-state index in [9.17, 15) is 0 Å². The van der Waals surface area contributed by atoms with Crippen molar-refractivity contribution in [2.45, 2.75) is 38.1 Å². The minimum absolute atomic E-state index is 0.726. The Bertz CT molecular complexity index is 345. The molecule has 0 aromatic heterocycles. The van der Waals surface area contributed by atoms with Crippen LogP contribution in [0, 0.1) is 5.92 Å². The Hall–Kier alpha value is -0.980. The molecule has 14 heavy (non-hydrogen) atoms. The van der Waals surface area contributed by atoms with Gasteiger partial charge in [0.15, 0.2) is 0 Å². The molecule has 1 aliphatic carbocycles. The van der Waals surface area contributed by atoms with Gasteiger partial charge in [0.05, 0.1) is 0 Å². The zero-order valence-corrected chi connectivity index (χ0v) is 8.66. The molecule has 3 rings (SSSR count). The molecule has 1 heterocycles. The highest BCUT2D eigenvalue weighted by Gasteiger charge is 2.35. The number of rotatable bonds is 0. The van der Waals surface area contributed by atoms with Crippen LogP contribution in [0.4, 0.5) is 5.69 Å². The summed E-state index contributed by atoms with van der Waals surface area (Å²) < 4.78 is 0. The second-order valence-electron chi connectivity index (χ2n) is 4.86. The standard InChI is InChI=1S/C13H17N/c1-9-6-7-13-11(8-9)10-4-2-3-5-12(10)14-13/h2-5,9,11,13-14H,6-8H2,1H3. The lowest BCUT2D eigenvalue weighted by Gasteiger charge is -2.29. The van der Waals surface area contributed by atoms with Gasteiger partial charge in [0.2, 0.25) is 0 Å². The van der Waals surface area contributed by atoms with Gasteiger partial charge in [0.1, 0.15) is 0 Å². The summed E-state index contributed by atoms with van der Waals surface area (Å²) in [6.07, 6.45) is 4.11. The Morgan fingerprint density at radius 1 is 1.21 bits per heavy atom. The largest absolute Gasteiger partial charge is 0.381 e. The first-order chi connectivity index (χ1) is 6.84. The van der Waals surface area contributed by atoms with Crippen molar-refractivity contribution in [3.8, 4) is 0 Å². The Kier molecular flexibility index (Phi) is 1.79. The van der Waals surface area contributed by atoms with E-state index >= 15 is 0 Å². The zero-order valence-electron chi connectivity index (χ0n) is 8.66. The molecule has 3 atom stereocenters. The molecule has 74 valence electrons. The molecule has 1 N–H and O–H groups in total. The van der Waals surface area contributed by atoms with Crippen LogP contribution in [0.1, 0.15) is 37.7 Å². The summed E-state index contributed by atoms with van der Waals surface area (Å²) >= 11 is 0. The molecular formula is C13H17N. The average Bonchev–Trinajstić information content (AvgIpc) is 2.56. The lowest BCUT2D eigenvalue weighted by Crippen LogP contribution is -2.27. The van der Waals surface area contributed by atoms with E-state index < -0.39 is 0 Å². The molecule has 0 amide bonds. The molecule has 2 aliphatic rings. The fraction of sp³-hybridized carbons (Fsp3) is 0.538. The van der Waals surface area contributed by atoms with E-state index in [-0.39, 0.29) is 0 Å². The summed E-state index contributed by atoms with van der Waals surface area (Å²) in [5.74, 6) is 1.69. The van der Waals surface area contributed by atoms with Crippen molar-refractivity contribution >= 4 is 5.69 Å². The first-order valence-corrected chi connectivity index (χ1v) is 5.70. The third kappa shape index (κ3) is 1.15. The van der Waals surface area contributed by atoms with Gasteiger partial charge in [0, 0.05) is 17.6 Å². The van der Waals surface area contributed by atoms with Crippen LogP contribution < -0.4 is 5.32 Å². The molecule has 1 saturated carbocycles. The summed E-state index contributed by atoms with van der Waals surface area (Å²) in [6, 6.07) is 9.54. The Morgan fingerprint density at radius 3 is 3.00 bits per heavy atom. The average molecular weight is 187 g/mol. The zero-order chi connectivity index (χ0) is 9.54. The van der Waals surface area contributed by atoms with Crippen LogP contribution in [0.5, 0.6) is 0 Å². The maximum absolute atomic E-state index is 3.66. The van der Waals surface area contributed by atoms with Gasteiger partial charge in [-0.1, -0.05) is 25.1 Å². The predicted octanol–water partition coefficient (Wildman–Crippen LogP) is 3.38. The fourth-order valence-electron chi connectivity index (χ4n) is 3.05. The van der Waals surface area contributed by atoms with Crippen molar-refractivity contribution in [1.82, 2.24) is 0 Å². The number of para-hydroxylation sites is 1. The van der Waals surface area contributed by atoms with Crippen molar-refractivity contribution in [3.63, 3.8) is 0 Å². The van der Waals surface area contributed by atoms with Crippen LogP contribution in [-0.4, -0.2) is 6.04 Å². The molecule has 1 aliphatic heterocycles. The van der Waals surface area contributed by atoms with Crippen molar-refractivity contribution in [1.29, 1.82) is 0 Å². The van der Waals surface area contributed by atoms with E-state index in [1.165, 1.54) is 24.9 Å². The van der Waals surface area contributed by atoms with E-state index in [4.69, 9.17) is 0 Å². The Balaban J connectivity index is 1.97. The molecule has 1 aromatic rings. The SMILES string of the molecule is CC1CCC2Nc3ccccc3C2C1. The van der Waals surface area contributed by atoms with Crippen LogP contribution in [0.3, 0.4) is 0 Å². The molecule has 1 heteroatoms. The second kappa shape index (κ2) is 3.01. The molecule has 1 nitrogen and oxygen atoms in total. The number of anilines is 1. The van der Waals surface area contributed by atoms with E-state index in [0.29, 0.717) is 0 Å². The maximum Gasteiger partial charge on any atom is 0.0378 e. The van der Waals surface area contributed by atoms with Crippen LogP contribution in [0.2, 0.25) is 0 Å². The van der Waals surface area contributed by atoms with Crippen LogP contribution >= 0.6 is 0 Å². The summed E-state index contributed by atoms with van der Waals surface area (Å²) in [5, 5.41) is 3.66. The number of hydrogen-bond donors (Lipinski definition) is 1. The second-order valence-corrected chi connectivity index (χ2v) is 4.86. The first-order valence-electron chi connectivity index (χ1n) is 5.70. The number of hydrogen-bond acceptors (Lipinski definition) is 1. The fourth-order valence-corrected chi connectivity index (χ4v) is 3.05. The highest BCUT2D eigenvalue weighted by atomic mass is 15.0. The normalized spacial score (nSPS) is 34.5. The summed E-state index contributed by atoms with van der Waals surface area (Å²) in [6.45, 7) is 2.39. The Labute approximate surface area is 85.5 Å². The molecule has 3 unspecified atom stereocenters. The van der Waals surface area contributed by atoms with Gasteiger partial charge in [-0.3, -0.25) is 0 Å². The van der Waals surface area contributed by atoms with Crippen molar-refractivity contribution in [2.24, 2.45) is 5.92 Å². The minimum Gasteiger partial charge on any atom is -0.381 e. The Morgan fingerprint density at radius 2 is 2.07 bits per heavy atom. The van der Waals surface area contributed by atoms with Crippen molar-refractivity contribution in [2.75, 3.05) is 5.32 Å². The molecule has 1 fully saturated rings. The van der Waals surface area contributed by atoms with Gasteiger partial charge in [-0.25, -0.2) is 0 Å². The van der Waals surface area contributed by atoms with Crippen LogP contribution in [0.25, 0.3) is 0 Å². The number of benzene rings is 1. The van der Waals surface area contributed by atoms with E-state index in [1.54, 1.807) is 5.56 Å². The molecular weight excluding hydrogens is 170 g/mol. The lowest BCUT2D eigenvalue weighted by atomic mass is 9.77. The maximum atomic E-state index is 3.66. The predicted molar refractivity (Wildman–Crippen MR) is 59.6 cm³/mol. The van der Waals surface area contributed by atoms with Gasteiger partial charge in [-0.05, 0) is 36.8 Å². The summed E-state index contributed by atoms with van der Waals surface area (Å²) in [4.78, 5) is 0. The van der Waals surface area contributed by atoms with Crippen molar-refractivity contribution in [3.05, 3.63) is 29.8 Å². The van der Waals surface area contributed by atoms with Gasteiger partial charge in [-0.15, -0.1) is 0 Å². The number of nitrogens with one attached hydrogen (secondary N) is 1. The topological polar surface area (TPSA) is 12.0 Å². The molecule has 0 saturated heterocycles. The van der Waals surface area contributed by atoms with E-state index in [0.717, 1.165) is 17.9 Å². The third-order valence-corrected chi connectivity index (χ3v) is 3.81. The van der Waals surface area contributed by atoms with Crippen molar-refractivity contribution < 1.29 is 0 Å². The minimum atomic E-state index is 0.726. The molecule has 0 radical (unpaired) electrons. The third-order valence-electron chi connectivity index (χ3n) is 3.81. The summed E-state index contributed by atoms with van der Waals surface area (Å²) in [7, 11) is 0. The van der Waals surface area contributed by atoms with Gasteiger partial charge >= 0.3 is 0 Å². The molecule has 0 spiro atoms. The molecule has 0 bridgehead atoms. The van der Waals surface area contributed by atoms with Crippen LogP contribution in [0.15, 0.2) is 24.3 Å².